The van der Waals surface area contributed by atoms with Gasteiger partial charge >= 0.3 is 0 Å². The van der Waals surface area contributed by atoms with Crippen LogP contribution in [0.4, 0.5) is 5.69 Å². The van der Waals surface area contributed by atoms with E-state index in [4.69, 9.17) is 16.3 Å². The lowest BCUT2D eigenvalue weighted by Crippen LogP contribution is -2.52. The number of sulfonamides is 1. The number of ketones is 1. The summed E-state index contributed by atoms with van der Waals surface area (Å²) in [4.78, 5) is 23.9. The van der Waals surface area contributed by atoms with Crippen LogP contribution in [0, 0.1) is 0 Å². The van der Waals surface area contributed by atoms with Crippen LogP contribution < -0.4 is 10.1 Å². The maximum atomic E-state index is 13.0. The Morgan fingerprint density at radius 2 is 1.80 bits per heavy atom. The van der Waals surface area contributed by atoms with E-state index in [1.165, 1.54) is 23.4 Å². The van der Waals surface area contributed by atoms with E-state index in [0.717, 1.165) is 0 Å². The van der Waals surface area contributed by atoms with Crippen LogP contribution in [0.15, 0.2) is 47.4 Å². The SMILES string of the molecule is CC(=O)Nc1ccc(S(=O)(=O)N2CCC3(CC2)CC(=O)c2cc(Cl)ccc2O3)cc1. The predicted molar refractivity (Wildman–Crippen MR) is 112 cm³/mol. The number of carbonyl (C=O) groups excluding carboxylic acids is 2. The van der Waals surface area contributed by atoms with Crippen molar-refractivity contribution >= 4 is 39.0 Å². The molecule has 2 aromatic carbocycles. The second kappa shape index (κ2) is 7.68. The van der Waals surface area contributed by atoms with Gasteiger partial charge in [-0.15, -0.1) is 0 Å². The third-order valence-electron chi connectivity index (χ3n) is 5.50. The van der Waals surface area contributed by atoms with Crippen molar-refractivity contribution in [2.45, 2.75) is 36.7 Å². The molecule has 9 heteroatoms. The highest BCUT2D eigenvalue weighted by molar-refractivity contribution is 7.89. The third-order valence-corrected chi connectivity index (χ3v) is 7.65. The molecule has 1 spiro atoms. The summed E-state index contributed by atoms with van der Waals surface area (Å²) >= 11 is 5.98. The molecule has 1 fully saturated rings. The van der Waals surface area contributed by atoms with Gasteiger partial charge in [-0.3, -0.25) is 9.59 Å². The number of Topliss-reactive ketones (excluding diaryl/α,β-unsaturated/α-hetero) is 1. The van der Waals surface area contributed by atoms with Crippen molar-refractivity contribution in [3.05, 3.63) is 53.1 Å². The van der Waals surface area contributed by atoms with Gasteiger partial charge in [0, 0.05) is 43.6 Å². The maximum absolute atomic E-state index is 13.0. The standard InChI is InChI=1S/C21H21ClN2O5S/c1-14(25)23-16-3-5-17(6-4-16)30(27,28)24-10-8-21(9-11-24)13-19(26)18-12-15(22)2-7-20(18)29-21/h2-7,12H,8-11,13H2,1H3,(H,23,25). The smallest absolute Gasteiger partial charge is 0.243 e. The normalized spacial score (nSPS) is 18.5. The molecule has 1 N–H and O–H groups in total. The number of rotatable bonds is 3. The van der Waals surface area contributed by atoms with Gasteiger partial charge in [-0.25, -0.2) is 8.42 Å². The number of benzene rings is 2. The molecule has 2 aliphatic rings. The summed E-state index contributed by atoms with van der Waals surface area (Å²) in [7, 11) is -3.68. The van der Waals surface area contributed by atoms with Crippen molar-refractivity contribution in [1.82, 2.24) is 4.31 Å². The fraction of sp³-hybridized carbons (Fsp3) is 0.333. The second-order valence-electron chi connectivity index (χ2n) is 7.64. The monoisotopic (exact) mass is 448 g/mol. The lowest BCUT2D eigenvalue weighted by atomic mass is 9.83. The molecule has 0 aliphatic carbocycles. The van der Waals surface area contributed by atoms with E-state index in [1.54, 1.807) is 30.3 Å². The molecule has 2 aliphatic heterocycles. The van der Waals surface area contributed by atoms with E-state index >= 15 is 0 Å². The molecule has 2 aromatic rings. The van der Waals surface area contributed by atoms with Crippen LogP contribution in [-0.2, 0) is 14.8 Å². The number of hydrogen-bond donors (Lipinski definition) is 1. The number of fused-ring (bicyclic) bond motifs is 1. The van der Waals surface area contributed by atoms with Crippen LogP contribution >= 0.6 is 11.6 Å². The predicted octanol–water partition coefficient (Wildman–Crippen LogP) is 3.49. The molecular weight excluding hydrogens is 428 g/mol. The fourth-order valence-electron chi connectivity index (χ4n) is 3.94. The van der Waals surface area contributed by atoms with Crippen LogP contribution in [-0.4, -0.2) is 43.1 Å². The number of hydrogen-bond acceptors (Lipinski definition) is 5. The largest absolute Gasteiger partial charge is 0.486 e. The van der Waals surface area contributed by atoms with E-state index in [2.05, 4.69) is 5.32 Å². The van der Waals surface area contributed by atoms with Gasteiger partial charge in [0.1, 0.15) is 11.4 Å². The Balaban J connectivity index is 1.48. The molecule has 1 saturated heterocycles. The molecule has 4 rings (SSSR count). The van der Waals surface area contributed by atoms with Gasteiger partial charge in [0.2, 0.25) is 15.9 Å². The van der Waals surface area contributed by atoms with Crippen LogP contribution in [0.5, 0.6) is 5.75 Å². The summed E-state index contributed by atoms with van der Waals surface area (Å²) in [5.74, 6) is 0.238. The molecule has 0 radical (unpaired) electrons. The van der Waals surface area contributed by atoms with Gasteiger partial charge < -0.3 is 10.1 Å². The molecule has 0 unspecified atom stereocenters. The summed E-state index contributed by atoms with van der Waals surface area (Å²) in [5, 5.41) is 3.09. The van der Waals surface area contributed by atoms with Crippen molar-refractivity contribution in [2.75, 3.05) is 18.4 Å². The van der Waals surface area contributed by atoms with Crippen LogP contribution in [0.2, 0.25) is 5.02 Å². The Kier molecular flexibility index (Phi) is 5.34. The number of nitrogens with zero attached hydrogens (tertiary/aromatic N) is 1. The minimum Gasteiger partial charge on any atom is -0.486 e. The van der Waals surface area contributed by atoms with E-state index < -0.39 is 15.6 Å². The quantitative estimate of drug-likeness (QED) is 0.775. The van der Waals surface area contributed by atoms with E-state index in [0.29, 0.717) is 34.9 Å². The van der Waals surface area contributed by atoms with Crippen molar-refractivity contribution in [1.29, 1.82) is 0 Å². The van der Waals surface area contributed by atoms with Gasteiger partial charge in [-0.05, 0) is 42.5 Å². The molecular formula is C21H21ClN2O5S. The van der Waals surface area contributed by atoms with Crippen molar-refractivity contribution in [2.24, 2.45) is 0 Å². The average molecular weight is 449 g/mol. The average Bonchev–Trinajstić information content (AvgIpc) is 2.69. The highest BCUT2D eigenvalue weighted by Gasteiger charge is 2.45. The molecule has 158 valence electrons. The van der Waals surface area contributed by atoms with Gasteiger partial charge in [-0.1, -0.05) is 11.6 Å². The number of carbonyl (C=O) groups is 2. The first-order chi connectivity index (χ1) is 14.2. The summed E-state index contributed by atoms with van der Waals surface area (Å²) in [5.41, 5.74) is 0.313. The van der Waals surface area contributed by atoms with Crippen LogP contribution in [0.25, 0.3) is 0 Å². The Bertz CT molecular complexity index is 1110. The van der Waals surface area contributed by atoms with E-state index in [9.17, 15) is 18.0 Å². The van der Waals surface area contributed by atoms with Crippen molar-refractivity contribution in [3.8, 4) is 5.75 Å². The Labute approximate surface area is 180 Å². The van der Waals surface area contributed by atoms with Gasteiger partial charge in [0.05, 0.1) is 16.9 Å². The molecule has 1 amide bonds. The molecule has 0 atom stereocenters. The first kappa shape index (κ1) is 20.8. The fourth-order valence-corrected chi connectivity index (χ4v) is 5.56. The van der Waals surface area contributed by atoms with Crippen LogP contribution in [0.1, 0.15) is 36.5 Å². The zero-order valence-corrected chi connectivity index (χ0v) is 17.9. The van der Waals surface area contributed by atoms with E-state index in [1.807, 2.05) is 0 Å². The van der Waals surface area contributed by atoms with Crippen molar-refractivity contribution in [3.63, 3.8) is 0 Å². The summed E-state index contributed by atoms with van der Waals surface area (Å²) in [6.45, 7) is 1.90. The zero-order chi connectivity index (χ0) is 21.5. The molecule has 2 heterocycles. The summed E-state index contributed by atoms with van der Waals surface area (Å²) < 4.78 is 33.6. The zero-order valence-electron chi connectivity index (χ0n) is 16.4. The van der Waals surface area contributed by atoms with E-state index in [-0.39, 0.29) is 36.1 Å². The second-order valence-corrected chi connectivity index (χ2v) is 10.0. The maximum Gasteiger partial charge on any atom is 0.243 e. The summed E-state index contributed by atoms with van der Waals surface area (Å²) in [6, 6.07) is 11.1. The minimum atomic E-state index is -3.68. The first-order valence-electron chi connectivity index (χ1n) is 9.58. The van der Waals surface area contributed by atoms with Crippen LogP contribution in [0.3, 0.4) is 0 Å². The number of amides is 1. The molecule has 0 bridgehead atoms. The molecule has 0 saturated carbocycles. The van der Waals surface area contributed by atoms with Gasteiger partial charge in [0.25, 0.3) is 0 Å². The minimum absolute atomic E-state index is 0.0383. The van der Waals surface area contributed by atoms with Gasteiger partial charge in [0.15, 0.2) is 5.78 Å². The molecule has 30 heavy (non-hydrogen) atoms. The first-order valence-corrected chi connectivity index (χ1v) is 11.4. The number of piperidine rings is 1. The lowest BCUT2D eigenvalue weighted by Gasteiger charge is -2.43. The number of halogens is 1. The number of anilines is 1. The summed E-state index contributed by atoms with van der Waals surface area (Å²) in [6.07, 6.45) is 1.05. The molecule has 0 aromatic heterocycles. The lowest BCUT2D eigenvalue weighted by molar-refractivity contribution is -0.114. The Morgan fingerprint density at radius 1 is 1.13 bits per heavy atom. The topological polar surface area (TPSA) is 92.8 Å². The number of ether oxygens (including phenoxy) is 1. The Morgan fingerprint density at radius 3 is 2.43 bits per heavy atom. The number of nitrogens with one attached hydrogen (secondary N) is 1. The third kappa shape index (κ3) is 3.95. The highest BCUT2D eigenvalue weighted by atomic mass is 35.5. The van der Waals surface area contributed by atoms with Crippen molar-refractivity contribution < 1.29 is 22.7 Å². The van der Waals surface area contributed by atoms with Gasteiger partial charge in [-0.2, -0.15) is 4.31 Å². The highest BCUT2D eigenvalue weighted by Crippen LogP contribution is 2.41. The molecule has 7 nitrogen and oxygen atoms in total. The Hall–Kier alpha value is -2.42.